The van der Waals surface area contributed by atoms with Crippen molar-refractivity contribution >= 4 is 56.5 Å². The highest BCUT2D eigenvalue weighted by Gasteiger charge is 2.24. The fourth-order valence-corrected chi connectivity index (χ4v) is 3.66. The molecule has 1 saturated heterocycles. The Morgan fingerprint density at radius 2 is 2.04 bits per heavy atom. The number of carboxylic acids is 1. The number of carboxylic acid groups (broad SMARTS) is 1. The molecule has 3 rings (SSSR count). The van der Waals surface area contributed by atoms with Gasteiger partial charge in [-0.3, -0.25) is 4.79 Å². The summed E-state index contributed by atoms with van der Waals surface area (Å²) >= 11 is 4.60. The summed E-state index contributed by atoms with van der Waals surface area (Å²) in [7, 11) is 0. The second kappa shape index (κ2) is 9.07. The fourth-order valence-electron chi connectivity index (χ4n) is 2.45. The lowest BCUT2D eigenvalue weighted by atomic mass is 10.2. The molecular formula is C20H17BrN2O4S. The molecule has 0 saturated carbocycles. The first-order chi connectivity index (χ1) is 13.4. The van der Waals surface area contributed by atoms with Gasteiger partial charge in [-0.25, -0.2) is 9.79 Å². The van der Waals surface area contributed by atoms with Gasteiger partial charge in [0.05, 0.1) is 10.6 Å². The van der Waals surface area contributed by atoms with Gasteiger partial charge in [-0.05, 0) is 60.2 Å². The van der Waals surface area contributed by atoms with E-state index in [9.17, 15) is 9.59 Å². The molecular weight excluding hydrogens is 444 g/mol. The lowest BCUT2D eigenvalue weighted by Gasteiger charge is -2.08. The molecule has 144 valence electrons. The Morgan fingerprint density at radius 1 is 1.29 bits per heavy atom. The van der Waals surface area contributed by atoms with Crippen molar-refractivity contribution in [2.75, 3.05) is 6.61 Å². The summed E-state index contributed by atoms with van der Waals surface area (Å²) in [5.74, 6) is -0.955. The van der Waals surface area contributed by atoms with Gasteiger partial charge in [0, 0.05) is 10.0 Å². The first-order valence-electron chi connectivity index (χ1n) is 8.47. The highest BCUT2D eigenvalue weighted by Crippen LogP contribution is 2.32. The number of thioether (sulfide) groups is 1. The number of halogens is 1. The molecule has 2 aromatic rings. The summed E-state index contributed by atoms with van der Waals surface area (Å²) in [4.78, 5) is 28.0. The van der Waals surface area contributed by atoms with E-state index in [1.807, 2.05) is 24.3 Å². The number of ether oxygens (including phenoxy) is 1. The molecule has 1 fully saturated rings. The second-order valence-electron chi connectivity index (χ2n) is 5.87. The largest absolute Gasteiger partial charge is 0.481 e. The van der Waals surface area contributed by atoms with E-state index in [2.05, 4.69) is 33.2 Å². The zero-order chi connectivity index (χ0) is 20.1. The van der Waals surface area contributed by atoms with Crippen molar-refractivity contribution < 1.29 is 19.4 Å². The van der Waals surface area contributed by atoms with E-state index in [0.29, 0.717) is 21.4 Å². The standard InChI is InChI=1S/C20H17BrN2O4S/c1-2-12-3-6-15(7-4-12)22-20-23-19(26)17(28-20)10-13-9-14(21)5-8-16(13)27-11-18(24)25/h3-10H,2,11H2,1H3,(H,24,25)(H,22,23,26)/b17-10-. The minimum atomic E-state index is -1.07. The predicted octanol–water partition coefficient (Wildman–Crippen LogP) is 4.37. The third-order valence-corrected chi connectivity index (χ3v) is 5.24. The molecule has 1 aliphatic heterocycles. The van der Waals surface area contributed by atoms with Crippen LogP contribution in [0, 0.1) is 0 Å². The van der Waals surface area contributed by atoms with Crippen molar-refractivity contribution in [3.63, 3.8) is 0 Å². The van der Waals surface area contributed by atoms with Crippen molar-refractivity contribution in [3.05, 3.63) is 63.0 Å². The first kappa shape index (κ1) is 20.2. The van der Waals surface area contributed by atoms with Crippen LogP contribution < -0.4 is 10.1 Å². The normalized spacial score (nSPS) is 16.4. The molecule has 1 heterocycles. The van der Waals surface area contributed by atoms with Crippen LogP contribution in [0.5, 0.6) is 5.75 Å². The number of aryl methyl sites for hydroxylation is 1. The number of aliphatic carboxylic acids is 1. The third-order valence-electron chi connectivity index (χ3n) is 3.84. The number of nitrogens with one attached hydrogen (secondary N) is 1. The number of carbonyl (C=O) groups is 2. The lowest BCUT2D eigenvalue weighted by molar-refractivity contribution is -0.139. The molecule has 2 N–H and O–H groups in total. The van der Waals surface area contributed by atoms with Crippen LogP contribution in [-0.4, -0.2) is 28.8 Å². The maximum Gasteiger partial charge on any atom is 0.341 e. The molecule has 1 aliphatic rings. The van der Waals surface area contributed by atoms with Crippen LogP contribution in [0.3, 0.4) is 0 Å². The highest BCUT2D eigenvalue weighted by atomic mass is 79.9. The van der Waals surface area contributed by atoms with E-state index in [1.54, 1.807) is 24.3 Å². The van der Waals surface area contributed by atoms with Crippen molar-refractivity contribution in [1.82, 2.24) is 5.32 Å². The van der Waals surface area contributed by atoms with E-state index in [-0.39, 0.29) is 5.91 Å². The number of nitrogens with zero attached hydrogens (tertiary/aromatic N) is 1. The minimum absolute atomic E-state index is 0.266. The lowest BCUT2D eigenvalue weighted by Crippen LogP contribution is -2.19. The van der Waals surface area contributed by atoms with Crippen LogP contribution in [0.15, 0.2) is 56.8 Å². The molecule has 0 aromatic heterocycles. The molecule has 0 unspecified atom stereocenters. The SMILES string of the molecule is CCc1ccc(N=C2NC(=O)/C(=C/c3cc(Br)ccc3OCC(=O)O)S2)cc1. The van der Waals surface area contributed by atoms with Crippen LogP contribution in [0.25, 0.3) is 6.08 Å². The van der Waals surface area contributed by atoms with Gasteiger partial charge in [-0.1, -0.05) is 35.0 Å². The summed E-state index contributed by atoms with van der Waals surface area (Å²) in [5, 5.41) is 12.1. The molecule has 0 bridgehead atoms. The Kier molecular flexibility index (Phi) is 6.53. The van der Waals surface area contributed by atoms with Gasteiger partial charge in [0.25, 0.3) is 5.91 Å². The number of benzene rings is 2. The Labute approximate surface area is 174 Å². The van der Waals surface area contributed by atoms with Gasteiger partial charge in [-0.2, -0.15) is 0 Å². The molecule has 28 heavy (non-hydrogen) atoms. The van der Waals surface area contributed by atoms with Gasteiger partial charge in [0.15, 0.2) is 11.8 Å². The van der Waals surface area contributed by atoms with Crippen molar-refractivity contribution in [2.24, 2.45) is 4.99 Å². The summed E-state index contributed by atoms with van der Waals surface area (Å²) in [6.45, 7) is 1.62. The van der Waals surface area contributed by atoms with Gasteiger partial charge >= 0.3 is 5.97 Å². The van der Waals surface area contributed by atoms with Crippen LogP contribution in [0.2, 0.25) is 0 Å². The van der Waals surface area contributed by atoms with Gasteiger partial charge < -0.3 is 15.2 Å². The minimum Gasteiger partial charge on any atom is -0.481 e. The summed E-state index contributed by atoms with van der Waals surface area (Å²) in [6.07, 6.45) is 2.61. The van der Waals surface area contributed by atoms with Crippen LogP contribution in [-0.2, 0) is 16.0 Å². The monoisotopic (exact) mass is 460 g/mol. The second-order valence-corrected chi connectivity index (χ2v) is 7.81. The molecule has 0 atom stereocenters. The zero-order valence-electron chi connectivity index (χ0n) is 14.9. The topological polar surface area (TPSA) is 88.0 Å². The number of rotatable bonds is 6. The smallest absolute Gasteiger partial charge is 0.341 e. The Morgan fingerprint density at radius 3 is 2.71 bits per heavy atom. The number of hydrogen-bond acceptors (Lipinski definition) is 5. The van der Waals surface area contributed by atoms with Crippen LogP contribution in [0.4, 0.5) is 5.69 Å². The summed E-state index contributed by atoms with van der Waals surface area (Å²) in [6, 6.07) is 13.0. The van der Waals surface area contributed by atoms with Gasteiger partial charge in [-0.15, -0.1) is 0 Å². The Balaban J connectivity index is 1.83. The van der Waals surface area contributed by atoms with Crippen molar-refractivity contribution in [2.45, 2.75) is 13.3 Å². The predicted molar refractivity (Wildman–Crippen MR) is 114 cm³/mol. The van der Waals surface area contributed by atoms with Crippen LogP contribution in [0.1, 0.15) is 18.1 Å². The first-order valence-corrected chi connectivity index (χ1v) is 10.1. The van der Waals surface area contributed by atoms with E-state index >= 15 is 0 Å². The number of amidine groups is 1. The number of hydrogen-bond donors (Lipinski definition) is 2. The van der Waals surface area contributed by atoms with E-state index in [1.165, 1.54) is 17.3 Å². The third kappa shape index (κ3) is 5.24. The Bertz CT molecular complexity index is 971. The maximum atomic E-state index is 12.3. The molecule has 6 nitrogen and oxygen atoms in total. The number of amides is 1. The van der Waals surface area contributed by atoms with Crippen molar-refractivity contribution in [1.29, 1.82) is 0 Å². The van der Waals surface area contributed by atoms with Gasteiger partial charge in [0.2, 0.25) is 0 Å². The maximum absolute atomic E-state index is 12.3. The van der Waals surface area contributed by atoms with Crippen LogP contribution >= 0.6 is 27.7 Å². The average Bonchev–Trinajstić information content (AvgIpc) is 3.00. The summed E-state index contributed by atoms with van der Waals surface area (Å²) in [5.41, 5.74) is 2.58. The van der Waals surface area contributed by atoms with Crippen molar-refractivity contribution in [3.8, 4) is 5.75 Å². The molecule has 0 radical (unpaired) electrons. The van der Waals surface area contributed by atoms with E-state index in [0.717, 1.165) is 16.6 Å². The fraction of sp³-hybridized carbons (Fsp3) is 0.150. The molecule has 0 aliphatic carbocycles. The van der Waals surface area contributed by atoms with Gasteiger partial charge in [0.1, 0.15) is 5.75 Å². The highest BCUT2D eigenvalue weighted by molar-refractivity contribution is 9.10. The summed E-state index contributed by atoms with van der Waals surface area (Å²) < 4.78 is 6.09. The molecule has 2 aromatic carbocycles. The average molecular weight is 461 g/mol. The number of carbonyl (C=O) groups excluding carboxylic acids is 1. The molecule has 1 amide bonds. The zero-order valence-corrected chi connectivity index (χ0v) is 17.3. The van der Waals surface area contributed by atoms with E-state index < -0.39 is 12.6 Å². The van der Waals surface area contributed by atoms with E-state index in [4.69, 9.17) is 9.84 Å². The number of aliphatic imine (C=N–C) groups is 1. The molecule has 0 spiro atoms. The quantitative estimate of drug-likeness (QED) is 0.624. The Hall–Kier alpha value is -2.58. The molecule has 8 heteroatoms.